The number of aromatic nitrogens is 5. The number of imidazole rings is 1. The number of rotatable bonds is 6. The van der Waals surface area contributed by atoms with Crippen LogP contribution in [0, 0.1) is 0 Å². The van der Waals surface area contributed by atoms with E-state index in [-0.39, 0.29) is 0 Å². The molecule has 1 fully saturated rings. The maximum atomic E-state index is 5.03. The number of H-pyrrole nitrogens is 2. The largest absolute Gasteiger partial charge is 0.381 e. The summed E-state index contributed by atoms with van der Waals surface area (Å²) in [4.78, 5) is 20.4. The van der Waals surface area contributed by atoms with Crippen LogP contribution in [0.3, 0.4) is 0 Å². The van der Waals surface area contributed by atoms with Crippen molar-refractivity contribution in [3.8, 4) is 11.5 Å². The van der Waals surface area contributed by atoms with Crippen LogP contribution in [0.25, 0.3) is 39.2 Å². The van der Waals surface area contributed by atoms with Crippen molar-refractivity contribution >= 4 is 33.3 Å². The minimum absolute atomic E-state index is 0.716. The van der Waals surface area contributed by atoms with Gasteiger partial charge in [-0.2, -0.15) is 5.10 Å². The fourth-order valence-corrected chi connectivity index (χ4v) is 4.47. The molecule has 3 aromatic heterocycles. The van der Waals surface area contributed by atoms with Crippen molar-refractivity contribution in [3.63, 3.8) is 0 Å². The molecule has 8 nitrogen and oxygen atoms in total. The van der Waals surface area contributed by atoms with E-state index in [1.165, 1.54) is 0 Å². The second-order valence-corrected chi connectivity index (χ2v) is 9.84. The first-order chi connectivity index (χ1) is 17.3. The van der Waals surface area contributed by atoms with Gasteiger partial charge in [0.1, 0.15) is 11.0 Å². The fraction of sp³-hybridized carbons (Fsp3) is 0.321. The lowest BCUT2D eigenvalue weighted by molar-refractivity contribution is 0.313. The number of para-hydroxylation sites is 1. The van der Waals surface area contributed by atoms with E-state index in [1.807, 2.05) is 33.2 Å². The average Bonchev–Trinajstić information content (AvgIpc) is 3.47. The first-order valence-corrected chi connectivity index (χ1v) is 12.3. The van der Waals surface area contributed by atoms with Crippen LogP contribution in [-0.2, 0) is 0 Å². The molecule has 4 aromatic rings. The van der Waals surface area contributed by atoms with Crippen LogP contribution in [-0.4, -0.2) is 82.3 Å². The maximum Gasteiger partial charge on any atom is 0.161 e. The Morgan fingerprint density at radius 2 is 1.75 bits per heavy atom. The van der Waals surface area contributed by atoms with Gasteiger partial charge in [-0.05, 0) is 51.2 Å². The zero-order valence-corrected chi connectivity index (χ0v) is 21.8. The molecule has 0 spiro atoms. The number of hydrogen-bond acceptors (Lipinski definition) is 6. The summed E-state index contributed by atoms with van der Waals surface area (Å²) in [5, 5.41) is 7.73. The molecule has 0 atom stereocenters. The van der Waals surface area contributed by atoms with E-state index in [1.54, 1.807) is 0 Å². The second-order valence-electron chi connectivity index (χ2n) is 9.84. The third kappa shape index (κ3) is 4.64. The van der Waals surface area contributed by atoms with Gasteiger partial charge in [0.25, 0.3) is 0 Å². The summed E-state index contributed by atoms with van der Waals surface area (Å²) in [5.41, 5.74) is 9.48. The van der Waals surface area contributed by atoms with Crippen LogP contribution in [0.5, 0.6) is 0 Å². The number of anilines is 1. The topological polar surface area (TPSA) is 80.0 Å². The number of nitrogens with zero attached hydrogens (tertiary/aromatic N) is 6. The summed E-state index contributed by atoms with van der Waals surface area (Å²) < 4.78 is 0. The molecule has 0 bridgehead atoms. The van der Waals surface area contributed by atoms with Gasteiger partial charge in [-0.15, -0.1) is 0 Å². The van der Waals surface area contributed by atoms with Crippen LogP contribution in [0.1, 0.15) is 19.5 Å². The molecule has 1 aliphatic heterocycles. The predicted molar refractivity (Wildman–Crippen MR) is 149 cm³/mol. The Hall–Kier alpha value is -3.91. The third-order valence-electron chi connectivity index (χ3n) is 6.73. The highest BCUT2D eigenvalue weighted by molar-refractivity contribution is 5.95. The van der Waals surface area contributed by atoms with Crippen LogP contribution in [0.2, 0.25) is 0 Å². The van der Waals surface area contributed by atoms with E-state index >= 15 is 0 Å². The van der Waals surface area contributed by atoms with Gasteiger partial charge in [0.05, 0.1) is 22.4 Å². The van der Waals surface area contributed by atoms with Crippen LogP contribution in [0.4, 0.5) is 5.69 Å². The molecule has 36 heavy (non-hydrogen) atoms. The Labute approximate surface area is 212 Å². The quantitative estimate of drug-likeness (QED) is 0.389. The fourth-order valence-electron chi connectivity index (χ4n) is 4.47. The Bertz CT molecular complexity index is 1480. The zero-order valence-electron chi connectivity index (χ0n) is 21.8. The zero-order chi connectivity index (χ0) is 25.4. The van der Waals surface area contributed by atoms with Crippen LogP contribution >= 0.6 is 0 Å². The Kier molecular flexibility index (Phi) is 6.36. The lowest BCUT2D eigenvalue weighted by Gasteiger charge is -2.34. The molecule has 1 aliphatic rings. The molecular formula is C28H34N8. The smallest absolute Gasteiger partial charge is 0.161 e. The average molecular weight is 483 g/mol. The summed E-state index contributed by atoms with van der Waals surface area (Å²) >= 11 is 0. The summed E-state index contributed by atoms with van der Waals surface area (Å²) in [6.07, 6.45) is 4.19. The van der Waals surface area contributed by atoms with Gasteiger partial charge in [0.15, 0.2) is 11.5 Å². The Balaban J connectivity index is 1.58. The highest BCUT2D eigenvalue weighted by Crippen LogP contribution is 2.31. The number of nitrogens with one attached hydrogen (secondary N) is 2. The summed E-state index contributed by atoms with van der Waals surface area (Å²) in [7, 11) is 6.24. The number of aromatic amines is 2. The van der Waals surface area contributed by atoms with Crippen LogP contribution in [0.15, 0.2) is 60.3 Å². The Morgan fingerprint density at radius 3 is 2.47 bits per heavy atom. The second kappa shape index (κ2) is 9.62. The molecule has 4 heterocycles. The molecule has 0 amide bonds. The van der Waals surface area contributed by atoms with E-state index in [4.69, 9.17) is 9.97 Å². The van der Waals surface area contributed by atoms with Crippen molar-refractivity contribution in [2.45, 2.75) is 13.8 Å². The number of allylic oxidation sites excluding steroid dienone is 5. The molecule has 8 heteroatoms. The SMILES string of the molecule is C=C(C)/C=C(\C=C(/C)N(C)C)c1ccc2[nH]nc(-c3nc4c(N5CCN(C)CC5)cccc4[nH]3)c2n1. The lowest BCUT2D eigenvalue weighted by Crippen LogP contribution is -2.44. The van der Waals surface area contributed by atoms with Crippen molar-refractivity contribution in [2.75, 3.05) is 52.2 Å². The van der Waals surface area contributed by atoms with Gasteiger partial charge in [-0.1, -0.05) is 24.3 Å². The van der Waals surface area contributed by atoms with E-state index in [2.05, 4.69) is 80.8 Å². The van der Waals surface area contributed by atoms with Crippen molar-refractivity contribution in [1.29, 1.82) is 0 Å². The number of fused-ring (bicyclic) bond motifs is 2. The number of piperazine rings is 1. The first kappa shape index (κ1) is 23.8. The molecule has 0 aliphatic carbocycles. The van der Waals surface area contributed by atoms with Crippen molar-refractivity contribution in [3.05, 3.63) is 66.0 Å². The van der Waals surface area contributed by atoms with E-state index in [0.29, 0.717) is 5.82 Å². The normalized spacial score (nSPS) is 15.8. The molecule has 5 rings (SSSR count). The van der Waals surface area contributed by atoms with E-state index in [0.717, 1.165) is 82.2 Å². The minimum Gasteiger partial charge on any atom is -0.381 e. The molecule has 0 radical (unpaired) electrons. The van der Waals surface area contributed by atoms with Crippen molar-refractivity contribution in [1.82, 2.24) is 34.9 Å². The third-order valence-corrected chi connectivity index (χ3v) is 6.73. The van der Waals surface area contributed by atoms with Gasteiger partial charge < -0.3 is 19.7 Å². The minimum atomic E-state index is 0.716. The summed E-state index contributed by atoms with van der Waals surface area (Å²) in [6, 6.07) is 10.4. The molecule has 0 unspecified atom stereocenters. The molecule has 0 saturated carbocycles. The van der Waals surface area contributed by atoms with Gasteiger partial charge in [-0.25, -0.2) is 9.97 Å². The highest BCUT2D eigenvalue weighted by Gasteiger charge is 2.20. The number of benzene rings is 1. The maximum absolute atomic E-state index is 5.03. The number of hydrogen-bond donors (Lipinski definition) is 2. The monoisotopic (exact) mass is 482 g/mol. The van der Waals surface area contributed by atoms with Gasteiger partial charge in [-0.3, -0.25) is 5.10 Å². The standard InChI is InChI=1S/C28H34N8/c1-18(2)16-20(17-19(3)34(4)5)21-10-11-23-26(29-21)27(33-32-23)28-30-22-8-7-9-24(25(22)31-28)36-14-12-35(6)13-15-36/h7-11,16-17H,1,12-15H2,2-6H3,(H,30,31)(H,32,33)/b19-17+,20-16+. The predicted octanol–water partition coefficient (Wildman–Crippen LogP) is 4.68. The molecule has 2 N–H and O–H groups in total. The van der Waals surface area contributed by atoms with Gasteiger partial charge in [0.2, 0.25) is 0 Å². The molecular weight excluding hydrogens is 448 g/mol. The number of pyridine rings is 1. The van der Waals surface area contributed by atoms with E-state index < -0.39 is 0 Å². The lowest BCUT2D eigenvalue weighted by atomic mass is 10.1. The van der Waals surface area contributed by atoms with Crippen molar-refractivity contribution < 1.29 is 0 Å². The molecule has 1 aromatic carbocycles. The Morgan fingerprint density at radius 1 is 0.972 bits per heavy atom. The molecule has 1 saturated heterocycles. The summed E-state index contributed by atoms with van der Waals surface area (Å²) in [5.74, 6) is 0.716. The van der Waals surface area contributed by atoms with Crippen LogP contribution < -0.4 is 4.90 Å². The first-order valence-electron chi connectivity index (χ1n) is 12.3. The number of likely N-dealkylation sites (N-methyl/N-ethyl adjacent to an activating group) is 1. The van der Waals surface area contributed by atoms with Gasteiger partial charge >= 0.3 is 0 Å². The highest BCUT2D eigenvalue weighted by atomic mass is 15.3. The molecule has 186 valence electrons. The van der Waals surface area contributed by atoms with E-state index in [9.17, 15) is 0 Å². The van der Waals surface area contributed by atoms with Crippen molar-refractivity contribution in [2.24, 2.45) is 0 Å². The van der Waals surface area contributed by atoms with Gasteiger partial charge in [0, 0.05) is 51.5 Å². The summed E-state index contributed by atoms with van der Waals surface area (Å²) in [6.45, 7) is 12.2.